The summed E-state index contributed by atoms with van der Waals surface area (Å²) in [6.07, 6.45) is 0. The maximum absolute atomic E-state index is 6.19. The minimum Gasteiger partial charge on any atom is -0.497 e. The van der Waals surface area contributed by atoms with E-state index in [9.17, 15) is 0 Å². The van der Waals surface area contributed by atoms with Gasteiger partial charge in [0.15, 0.2) is 5.65 Å². The normalized spacial score (nSPS) is 11.0. The Morgan fingerprint density at radius 1 is 1.00 bits per heavy atom. The van der Waals surface area contributed by atoms with Crippen LogP contribution in [-0.4, -0.2) is 33.8 Å². The maximum Gasteiger partial charge on any atom is 0.227 e. The van der Waals surface area contributed by atoms with Gasteiger partial charge >= 0.3 is 0 Å². The molecule has 0 N–H and O–H groups in total. The molecule has 0 aliphatic rings. The molecule has 2 heterocycles. The lowest BCUT2D eigenvalue weighted by atomic mass is 9.99. The quantitative estimate of drug-likeness (QED) is 0.735. The van der Waals surface area contributed by atoms with Gasteiger partial charge in [-0.15, -0.1) is 0 Å². The lowest BCUT2D eigenvalue weighted by molar-refractivity contribution is 0.395. The number of hydrogen-bond acceptors (Lipinski definition) is 5. The molecule has 2 aromatic heterocycles. The fourth-order valence-corrected chi connectivity index (χ4v) is 2.96. The number of nitrogens with zero attached hydrogens (tertiary/aromatic N) is 4. The van der Waals surface area contributed by atoms with Gasteiger partial charge in [-0.2, -0.15) is 9.61 Å². The first-order chi connectivity index (χ1) is 11.0. The van der Waals surface area contributed by atoms with Gasteiger partial charge in [0.25, 0.3) is 0 Å². The topological polar surface area (TPSA) is 61.5 Å². The van der Waals surface area contributed by atoms with E-state index in [1.807, 2.05) is 26.0 Å². The van der Waals surface area contributed by atoms with Crippen LogP contribution in [-0.2, 0) is 0 Å². The minimum atomic E-state index is 0.284. The van der Waals surface area contributed by atoms with Crippen LogP contribution in [0.2, 0.25) is 5.28 Å². The van der Waals surface area contributed by atoms with E-state index in [0.717, 1.165) is 28.1 Å². The van der Waals surface area contributed by atoms with Crippen LogP contribution in [0.3, 0.4) is 0 Å². The fraction of sp³-hybridized carbons (Fsp3) is 0.312. The molecular weight excluding hydrogens is 316 g/mol. The van der Waals surface area contributed by atoms with Crippen molar-refractivity contribution in [2.75, 3.05) is 14.2 Å². The summed E-state index contributed by atoms with van der Waals surface area (Å²) >= 11 is 6.19. The molecule has 1 aromatic carbocycles. The summed E-state index contributed by atoms with van der Waals surface area (Å²) in [6, 6.07) is 3.80. The molecule has 0 spiro atoms. The number of hydrogen-bond donors (Lipinski definition) is 0. The van der Waals surface area contributed by atoms with Gasteiger partial charge in [0.2, 0.25) is 5.28 Å². The highest BCUT2D eigenvalue weighted by atomic mass is 35.5. The third kappa shape index (κ3) is 2.49. The zero-order valence-electron chi connectivity index (χ0n) is 13.6. The number of ether oxygens (including phenoxy) is 2. The highest BCUT2D eigenvalue weighted by molar-refractivity contribution is 6.28. The number of aryl methyl sites for hydroxylation is 3. The van der Waals surface area contributed by atoms with Crippen molar-refractivity contribution in [1.29, 1.82) is 0 Å². The fourth-order valence-electron chi connectivity index (χ4n) is 2.72. The highest BCUT2D eigenvalue weighted by Crippen LogP contribution is 2.40. The first kappa shape index (κ1) is 15.6. The van der Waals surface area contributed by atoms with Gasteiger partial charge in [-0.3, -0.25) is 0 Å². The maximum atomic E-state index is 6.19. The molecular formula is C16H17ClN4O2. The van der Waals surface area contributed by atoms with Gasteiger partial charge in [-0.1, -0.05) is 0 Å². The van der Waals surface area contributed by atoms with Crippen molar-refractivity contribution in [3.05, 3.63) is 34.5 Å². The summed E-state index contributed by atoms with van der Waals surface area (Å²) < 4.78 is 12.4. The molecule has 0 saturated carbocycles. The Morgan fingerprint density at radius 3 is 2.39 bits per heavy atom. The molecule has 0 radical (unpaired) electrons. The smallest absolute Gasteiger partial charge is 0.227 e. The second kappa shape index (κ2) is 5.70. The summed E-state index contributed by atoms with van der Waals surface area (Å²) in [6.45, 7) is 5.72. The van der Waals surface area contributed by atoms with Crippen molar-refractivity contribution in [3.8, 4) is 22.6 Å². The summed E-state index contributed by atoms with van der Waals surface area (Å²) in [4.78, 5) is 8.66. The van der Waals surface area contributed by atoms with Crippen LogP contribution in [0.1, 0.15) is 17.1 Å². The Bertz CT molecular complexity index is 905. The van der Waals surface area contributed by atoms with Gasteiger partial charge in [-0.25, -0.2) is 9.97 Å². The predicted molar refractivity (Wildman–Crippen MR) is 88.5 cm³/mol. The van der Waals surface area contributed by atoms with Crippen molar-refractivity contribution in [3.63, 3.8) is 0 Å². The van der Waals surface area contributed by atoms with Crippen LogP contribution in [0.25, 0.3) is 16.8 Å². The lowest BCUT2D eigenvalue weighted by Gasteiger charge is -2.13. The van der Waals surface area contributed by atoms with E-state index in [1.165, 1.54) is 0 Å². The molecule has 0 unspecified atom stereocenters. The molecule has 0 aliphatic heterocycles. The van der Waals surface area contributed by atoms with E-state index in [1.54, 1.807) is 25.7 Å². The van der Waals surface area contributed by atoms with Crippen molar-refractivity contribution in [1.82, 2.24) is 19.6 Å². The van der Waals surface area contributed by atoms with Gasteiger partial charge in [0.05, 0.1) is 25.5 Å². The molecule has 23 heavy (non-hydrogen) atoms. The van der Waals surface area contributed by atoms with Crippen LogP contribution in [0.5, 0.6) is 11.5 Å². The SMILES string of the molecule is COc1cc(C)c(-c2c(C)nn3c(Cl)nc(C)nc23)c(OC)c1. The molecule has 0 bridgehead atoms. The number of halogens is 1. The monoisotopic (exact) mass is 332 g/mol. The first-order valence-electron chi connectivity index (χ1n) is 7.08. The van der Waals surface area contributed by atoms with Crippen LogP contribution in [0.15, 0.2) is 12.1 Å². The van der Waals surface area contributed by atoms with Crippen molar-refractivity contribution in [2.24, 2.45) is 0 Å². The van der Waals surface area contributed by atoms with Gasteiger partial charge in [0, 0.05) is 11.6 Å². The molecule has 0 fully saturated rings. The summed E-state index contributed by atoms with van der Waals surface area (Å²) in [5.41, 5.74) is 4.28. The van der Waals surface area contributed by atoms with Crippen molar-refractivity contribution in [2.45, 2.75) is 20.8 Å². The van der Waals surface area contributed by atoms with Crippen molar-refractivity contribution < 1.29 is 9.47 Å². The number of rotatable bonds is 3. The first-order valence-corrected chi connectivity index (χ1v) is 7.46. The zero-order chi connectivity index (χ0) is 16.7. The molecule has 3 rings (SSSR count). The van der Waals surface area contributed by atoms with Gasteiger partial charge in [-0.05, 0) is 44.0 Å². The Kier molecular flexibility index (Phi) is 3.85. The molecule has 0 aliphatic carbocycles. The second-order valence-electron chi connectivity index (χ2n) is 5.26. The second-order valence-corrected chi connectivity index (χ2v) is 5.60. The Balaban J connectivity index is 2.40. The third-order valence-corrected chi connectivity index (χ3v) is 3.96. The molecule has 3 aromatic rings. The average Bonchev–Trinajstić information content (AvgIpc) is 2.83. The summed E-state index contributed by atoms with van der Waals surface area (Å²) in [5, 5.41) is 4.75. The third-order valence-electron chi connectivity index (χ3n) is 3.71. The van der Waals surface area contributed by atoms with Gasteiger partial charge in [0.1, 0.15) is 17.3 Å². The highest BCUT2D eigenvalue weighted by Gasteiger charge is 2.21. The van der Waals surface area contributed by atoms with E-state index in [4.69, 9.17) is 21.1 Å². The number of fused-ring (bicyclic) bond motifs is 1. The van der Waals surface area contributed by atoms with Crippen LogP contribution in [0.4, 0.5) is 0 Å². The van der Waals surface area contributed by atoms with Gasteiger partial charge < -0.3 is 9.47 Å². The minimum absolute atomic E-state index is 0.284. The van der Waals surface area contributed by atoms with E-state index >= 15 is 0 Å². The molecule has 0 atom stereocenters. The zero-order valence-corrected chi connectivity index (χ0v) is 14.4. The summed E-state index contributed by atoms with van der Waals surface area (Å²) in [7, 11) is 3.26. The van der Waals surface area contributed by atoms with E-state index in [-0.39, 0.29) is 5.28 Å². The Hall–Kier alpha value is -2.34. The lowest BCUT2D eigenvalue weighted by Crippen LogP contribution is -1.99. The molecule has 6 nitrogen and oxygen atoms in total. The summed E-state index contributed by atoms with van der Waals surface area (Å²) in [5.74, 6) is 2.03. The van der Waals surface area contributed by atoms with E-state index in [2.05, 4.69) is 15.1 Å². The molecule has 120 valence electrons. The Morgan fingerprint density at radius 2 is 1.74 bits per heavy atom. The predicted octanol–water partition coefficient (Wildman–Crippen LogP) is 3.39. The molecule has 7 heteroatoms. The van der Waals surface area contributed by atoms with E-state index < -0.39 is 0 Å². The molecule has 0 amide bonds. The van der Waals surface area contributed by atoms with E-state index in [0.29, 0.717) is 17.2 Å². The standard InChI is InChI=1S/C16H17ClN4O2/c1-8-6-11(22-4)7-12(23-5)13(8)14-9(2)20-21-15(14)18-10(3)19-16(21)17/h6-7H,1-5H3. The Labute approximate surface area is 139 Å². The van der Waals surface area contributed by atoms with Crippen LogP contribution >= 0.6 is 11.6 Å². The van der Waals surface area contributed by atoms with Crippen molar-refractivity contribution >= 4 is 17.2 Å². The van der Waals surface area contributed by atoms with Crippen LogP contribution < -0.4 is 9.47 Å². The largest absolute Gasteiger partial charge is 0.497 e. The molecule has 0 saturated heterocycles. The van der Waals surface area contributed by atoms with Crippen LogP contribution in [0, 0.1) is 20.8 Å². The average molecular weight is 333 g/mol. The number of benzene rings is 1. The number of methoxy groups -OCH3 is 2. The number of aromatic nitrogens is 4.